The topological polar surface area (TPSA) is 58.6 Å². The van der Waals surface area contributed by atoms with Crippen molar-refractivity contribution in [1.82, 2.24) is 0 Å². The molecule has 0 aromatic heterocycles. The zero-order valence-electron chi connectivity index (χ0n) is 13.0. The fourth-order valence-corrected chi connectivity index (χ4v) is 2.69. The third-order valence-corrected chi connectivity index (χ3v) is 4.14. The molecule has 128 valence electrons. The van der Waals surface area contributed by atoms with Crippen LogP contribution >= 0.6 is 11.8 Å². The van der Waals surface area contributed by atoms with Crippen molar-refractivity contribution in [3.05, 3.63) is 54.1 Å². The summed E-state index contributed by atoms with van der Waals surface area (Å²) in [6.07, 6.45) is -0.811. The first-order valence-electron chi connectivity index (χ1n) is 7.20. The summed E-state index contributed by atoms with van der Waals surface area (Å²) in [7, 11) is 0. The molecule has 2 aromatic rings. The quantitative estimate of drug-likeness (QED) is 0.749. The minimum atomic E-state index is -0.811. The molecule has 0 bridgehead atoms. The number of carbonyl (C=O) groups is 1. The number of hydrogen-bond acceptors (Lipinski definition) is 4. The summed E-state index contributed by atoms with van der Waals surface area (Å²) in [5.41, 5.74) is 0.651. The van der Waals surface area contributed by atoms with Gasteiger partial charge in [0.15, 0.2) is 0 Å². The molecular weight excluding hydrogens is 336 g/mol. The first kappa shape index (κ1) is 18.2. The Balaban J connectivity index is 1.78. The van der Waals surface area contributed by atoms with E-state index in [0.29, 0.717) is 11.4 Å². The number of carbonyl (C=O) groups excluding carboxylic acids is 1. The van der Waals surface area contributed by atoms with Gasteiger partial charge in [-0.2, -0.15) is 0 Å². The Morgan fingerprint density at radius 3 is 2.58 bits per heavy atom. The molecule has 24 heavy (non-hydrogen) atoms. The van der Waals surface area contributed by atoms with Crippen molar-refractivity contribution in [2.75, 3.05) is 17.7 Å². The van der Waals surface area contributed by atoms with Crippen LogP contribution in [0.1, 0.15) is 6.92 Å². The maximum Gasteiger partial charge on any atom is 0.221 e. The van der Waals surface area contributed by atoms with E-state index in [-0.39, 0.29) is 23.2 Å². The van der Waals surface area contributed by atoms with E-state index in [1.54, 1.807) is 24.3 Å². The van der Waals surface area contributed by atoms with E-state index >= 15 is 0 Å². The predicted molar refractivity (Wildman–Crippen MR) is 89.3 cm³/mol. The standard InChI is InChI=1S/C17H17F2NO3S/c1-11(21)20-13-3-5-15(6-4-13)23-9-14(22)10-24-17-7-2-12(18)8-16(17)19/h2-8,14,22H,9-10H2,1H3,(H,20,21). The molecule has 0 radical (unpaired) electrons. The second-order valence-corrected chi connectivity index (χ2v) is 6.12. The van der Waals surface area contributed by atoms with Crippen molar-refractivity contribution in [2.24, 2.45) is 0 Å². The molecular formula is C17H17F2NO3S. The molecule has 1 amide bonds. The van der Waals surface area contributed by atoms with Gasteiger partial charge in [-0.3, -0.25) is 4.79 Å². The van der Waals surface area contributed by atoms with Gasteiger partial charge in [-0.25, -0.2) is 8.78 Å². The minimum absolute atomic E-state index is 0.0370. The van der Waals surface area contributed by atoms with Crippen LogP contribution in [0.5, 0.6) is 5.75 Å². The zero-order chi connectivity index (χ0) is 17.5. The molecule has 1 unspecified atom stereocenters. The second kappa shape index (κ2) is 8.65. The van der Waals surface area contributed by atoms with E-state index in [9.17, 15) is 18.7 Å². The number of nitrogens with one attached hydrogen (secondary N) is 1. The Labute approximate surface area is 142 Å². The van der Waals surface area contributed by atoms with Crippen LogP contribution in [0.3, 0.4) is 0 Å². The maximum absolute atomic E-state index is 13.5. The molecule has 0 saturated carbocycles. The van der Waals surface area contributed by atoms with Crippen LogP contribution in [0.4, 0.5) is 14.5 Å². The summed E-state index contributed by atoms with van der Waals surface area (Å²) < 4.78 is 31.7. The molecule has 2 aromatic carbocycles. The number of benzene rings is 2. The summed E-state index contributed by atoms with van der Waals surface area (Å²) in [5, 5.41) is 12.5. The van der Waals surface area contributed by atoms with Crippen LogP contribution in [-0.2, 0) is 4.79 Å². The number of ether oxygens (including phenoxy) is 1. The van der Waals surface area contributed by atoms with Crippen molar-refractivity contribution in [1.29, 1.82) is 0 Å². The van der Waals surface area contributed by atoms with Gasteiger partial charge in [-0.05, 0) is 36.4 Å². The van der Waals surface area contributed by atoms with E-state index in [2.05, 4.69) is 5.32 Å². The molecule has 0 saturated heterocycles. The lowest BCUT2D eigenvalue weighted by Gasteiger charge is -2.13. The molecule has 0 aliphatic heterocycles. The van der Waals surface area contributed by atoms with Gasteiger partial charge >= 0.3 is 0 Å². The average Bonchev–Trinajstić information content (AvgIpc) is 2.53. The first-order valence-corrected chi connectivity index (χ1v) is 8.19. The molecule has 0 aliphatic rings. The average molecular weight is 353 g/mol. The van der Waals surface area contributed by atoms with Gasteiger partial charge in [-0.15, -0.1) is 11.8 Å². The lowest BCUT2D eigenvalue weighted by molar-refractivity contribution is -0.114. The predicted octanol–water partition coefficient (Wildman–Crippen LogP) is 3.46. The molecule has 4 nitrogen and oxygen atoms in total. The Hall–Kier alpha value is -2.12. The lowest BCUT2D eigenvalue weighted by Crippen LogP contribution is -2.20. The van der Waals surface area contributed by atoms with Crippen molar-refractivity contribution >= 4 is 23.4 Å². The van der Waals surface area contributed by atoms with E-state index in [1.165, 1.54) is 19.1 Å². The van der Waals surface area contributed by atoms with Crippen molar-refractivity contribution in [2.45, 2.75) is 17.9 Å². The SMILES string of the molecule is CC(=O)Nc1ccc(OCC(O)CSc2ccc(F)cc2F)cc1. The van der Waals surface area contributed by atoms with Crippen LogP contribution in [0.2, 0.25) is 0 Å². The van der Waals surface area contributed by atoms with Crippen molar-refractivity contribution in [3.8, 4) is 5.75 Å². The molecule has 0 spiro atoms. The molecule has 2 N–H and O–H groups in total. The molecule has 1 atom stereocenters. The largest absolute Gasteiger partial charge is 0.491 e. The fraction of sp³-hybridized carbons (Fsp3) is 0.235. The number of anilines is 1. The van der Waals surface area contributed by atoms with Gasteiger partial charge in [0.05, 0.1) is 6.10 Å². The number of amides is 1. The van der Waals surface area contributed by atoms with E-state index in [1.807, 2.05) is 0 Å². The molecule has 0 fully saturated rings. The van der Waals surface area contributed by atoms with Crippen LogP contribution in [0.15, 0.2) is 47.4 Å². The Kier molecular flexibility index (Phi) is 6.57. The summed E-state index contributed by atoms with van der Waals surface area (Å²) in [6, 6.07) is 10.0. The Morgan fingerprint density at radius 2 is 1.96 bits per heavy atom. The minimum Gasteiger partial charge on any atom is -0.491 e. The normalized spacial score (nSPS) is 11.8. The van der Waals surface area contributed by atoms with Gasteiger partial charge in [-0.1, -0.05) is 0 Å². The molecule has 0 aliphatic carbocycles. The van der Waals surface area contributed by atoms with Crippen molar-refractivity contribution in [3.63, 3.8) is 0 Å². The Bertz CT molecular complexity index is 695. The highest BCUT2D eigenvalue weighted by Crippen LogP contribution is 2.23. The smallest absolute Gasteiger partial charge is 0.221 e. The van der Waals surface area contributed by atoms with E-state index in [0.717, 1.165) is 17.8 Å². The van der Waals surface area contributed by atoms with Crippen molar-refractivity contribution < 1.29 is 23.4 Å². The summed E-state index contributed by atoms with van der Waals surface area (Å²) >= 11 is 1.09. The molecule has 2 rings (SSSR count). The monoisotopic (exact) mass is 353 g/mol. The number of aliphatic hydroxyl groups is 1. The Morgan fingerprint density at radius 1 is 1.25 bits per heavy atom. The number of hydrogen-bond donors (Lipinski definition) is 2. The van der Waals surface area contributed by atoms with Gasteiger partial charge < -0.3 is 15.2 Å². The van der Waals surface area contributed by atoms with Gasteiger partial charge in [0.2, 0.25) is 5.91 Å². The van der Waals surface area contributed by atoms with E-state index < -0.39 is 17.7 Å². The number of aliphatic hydroxyl groups excluding tert-OH is 1. The van der Waals surface area contributed by atoms with E-state index in [4.69, 9.17) is 4.74 Å². The molecule has 7 heteroatoms. The van der Waals surface area contributed by atoms with Gasteiger partial charge in [0.1, 0.15) is 24.0 Å². The lowest BCUT2D eigenvalue weighted by atomic mass is 10.3. The third kappa shape index (κ3) is 5.82. The summed E-state index contributed by atoms with van der Waals surface area (Å²) in [4.78, 5) is 11.2. The van der Waals surface area contributed by atoms with Gasteiger partial charge in [0.25, 0.3) is 0 Å². The number of rotatable bonds is 7. The third-order valence-electron chi connectivity index (χ3n) is 2.94. The van der Waals surface area contributed by atoms with Crippen LogP contribution in [0, 0.1) is 11.6 Å². The van der Waals surface area contributed by atoms with Crippen LogP contribution in [0.25, 0.3) is 0 Å². The second-order valence-electron chi connectivity index (χ2n) is 5.06. The van der Waals surface area contributed by atoms with Crippen LogP contribution in [-0.4, -0.2) is 29.5 Å². The number of halogens is 2. The highest BCUT2D eigenvalue weighted by Gasteiger charge is 2.10. The highest BCUT2D eigenvalue weighted by atomic mass is 32.2. The molecule has 0 heterocycles. The summed E-state index contributed by atoms with van der Waals surface area (Å²) in [6.45, 7) is 1.46. The first-order chi connectivity index (χ1) is 11.4. The highest BCUT2D eigenvalue weighted by molar-refractivity contribution is 7.99. The number of thioether (sulfide) groups is 1. The fourth-order valence-electron chi connectivity index (χ4n) is 1.86. The van der Waals surface area contributed by atoms with Crippen LogP contribution < -0.4 is 10.1 Å². The summed E-state index contributed by atoms with van der Waals surface area (Å²) in [5.74, 6) is -0.692. The van der Waals surface area contributed by atoms with Gasteiger partial charge in [0, 0.05) is 29.3 Å². The zero-order valence-corrected chi connectivity index (χ0v) is 13.8. The maximum atomic E-state index is 13.5.